The van der Waals surface area contributed by atoms with Crippen LogP contribution in [0.15, 0.2) is 76.8 Å². The van der Waals surface area contributed by atoms with Crippen LogP contribution >= 0.6 is 11.3 Å². The second kappa shape index (κ2) is 9.36. The molecular weight excluding hydrogens is 460 g/mol. The van der Waals surface area contributed by atoms with Gasteiger partial charge in [-0.25, -0.2) is 4.98 Å². The summed E-state index contributed by atoms with van der Waals surface area (Å²) in [6.07, 6.45) is 1.74. The van der Waals surface area contributed by atoms with Gasteiger partial charge in [-0.05, 0) is 35.7 Å². The van der Waals surface area contributed by atoms with Gasteiger partial charge in [0.15, 0.2) is 0 Å². The minimum Gasteiger partial charge on any atom is -0.338 e. The van der Waals surface area contributed by atoms with Crippen LogP contribution < -0.4 is 0 Å². The molecule has 1 amide bonds. The second-order valence-electron chi connectivity index (χ2n) is 8.34. The first-order chi connectivity index (χ1) is 17.2. The molecule has 0 N–H and O–H groups in total. The number of aromatic nitrogens is 4. The van der Waals surface area contributed by atoms with Crippen LogP contribution in [0.5, 0.6) is 0 Å². The average Bonchev–Trinajstić information content (AvgIpc) is 3.61. The summed E-state index contributed by atoms with van der Waals surface area (Å²) in [7, 11) is 0. The molecule has 0 saturated carbocycles. The third-order valence-corrected chi connectivity index (χ3v) is 6.97. The third kappa shape index (κ3) is 4.43. The molecule has 0 spiro atoms. The van der Waals surface area contributed by atoms with Crippen molar-refractivity contribution in [3.8, 4) is 22.1 Å². The first-order valence-corrected chi connectivity index (χ1v) is 12.3. The van der Waals surface area contributed by atoms with Crippen molar-refractivity contribution in [2.45, 2.75) is 6.54 Å². The number of rotatable bonds is 5. The Labute approximate surface area is 205 Å². The number of carbonyl (C=O) groups is 1. The quantitative estimate of drug-likeness (QED) is 0.368. The Kier molecular flexibility index (Phi) is 5.77. The molecule has 1 aliphatic heterocycles. The normalized spacial score (nSPS) is 14.5. The number of nitrogens with zero attached hydrogens (tertiary/aromatic N) is 6. The lowest BCUT2D eigenvalue weighted by Gasteiger charge is -2.34. The van der Waals surface area contributed by atoms with Crippen molar-refractivity contribution >= 4 is 28.1 Å². The topological polar surface area (TPSA) is 88.3 Å². The molecule has 1 aliphatic rings. The molecule has 1 fully saturated rings. The molecule has 0 radical (unpaired) electrons. The van der Waals surface area contributed by atoms with Crippen molar-refractivity contribution in [1.29, 1.82) is 0 Å². The van der Waals surface area contributed by atoms with Crippen LogP contribution in [-0.4, -0.2) is 62.0 Å². The summed E-state index contributed by atoms with van der Waals surface area (Å²) < 4.78 is 5.45. The van der Waals surface area contributed by atoms with Crippen LogP contribution in [0.4, 0.5) is 0 Å². The highest BCUT2D eigenvalue weighted by molar-refractivity contribution is 7.13. The van der Waals surface area contributed by atoms with Gasteiger partial charge >= 0.3 is 0 Å². The summed E-state index contributed by atoms with van der Waals surface area (Å²) in [5.74, 6) is 1.23. The monoisotopic (exact) mass is 482 g/mol. The summed E-state index contributed by atoms with van der Waals surface area (Å²) in [6.45, 7) is 3.29. The largest absolute Gasteiger partial charge is 0.338 e. The number of amides is 1. The molecule has 0 bridgehead atoms. The molecule has 0 aliphatic carbocycles. The Morgan fingerprint density at radius 3 is 2.60 bits per heavy atom. The van der Waals surface area contributed by atoms with Gasteiger partial charge in [0.05, 0.1) is 33.9 Å². The van der Waals surface area contributed by atoms with E-state index in [2.05, 4.69) is 20.0 Å². The molecule has 1 saturated heterocycles. The summed E-state index contributed by atoms with van der Waals surface area (Å²) in [5.41, 5.74) is 2.89. The van der Waals surface area contributed by atoms with Crippen molar-refractivity contribution in [3.05, 3.63) is 83.7 Å². The molecule has 0 unspecified atom stereocenters. The summed E-state index contributed by atoms with van der Waals surface area (Å²) in [6, 6.07) is 19.3. The maximum atomic E-state index is 13.6. The van der Waals surface area contributed by atoms with E-state index in [9.17, 15) is 4.79 Å². The fourth-order valence-corrected chi connectivity index (χ4v) is 4.94. The first kappa shape index (κ1) is 21.6. The number of piperazine rings is 1. The van der Waals surface area contributed by atoms with Crippen molar-refractivity contribution < 1.29 is 9.32 Å². The first-order valence-electron chi connectivity index (χ1n) is 11.4. The van der Waals surface area contributed by atoms with Gasteiger partial charge in [0.25, 0.3) is 5.91 Å². The van der Waals surface area contributed by atoms with Gasteiger partial charge in [-0.15, -0.1) is 11.3 Å². The highest BCUT2D eigenvalue weighted by Crippen LogP contribution is 2.26. The predicted octanol–water partition coefficient (Wildman–Crippen LogP) is 4.37. The van der Waals surface area contributed by atoms with Crippen LogP contribution in [0.3, 0.4) is 0 Å². The van der Waals surface area contributed by atoms with Gasteiger partial charge in [0.2, 0.25) is 11.7 Å². The predicted molar refractivity (Wildman–Crippen MR) is 134 cm³/mol. The van der Waals surface area contributed by atoms with E-state index in [1.807, 2.05) is 70.9 Å². The number of benzene rings is 1. The lowest BCUT2D eigenvalue weighted by Crippen LogP contribution is -2.48. The van der Waals surface area contributed by atoms with E-state index in [4.69, 9.17) is 9.51 Å². The molecule has 5 aromatic rings. The summed E-state index contributed by atoms with van der Waals surface area (Å²) in [5, 5.41) is 6.94. The van der Waals surface area contributed by atoms with E-state index < -0.39 is 0 Å². The number of hydrogen-bond acceptors (Lipinski definition) is 8. The zero-order valence-electron chi connectivity index (χ0n) is 18.9. The second-order valence-corrected chi connectivity index (χ2v) is 9.29. The van der Waals surface area contributed by atoms with E-state index >= 15 is 0 Å². The third-order valence-electron chi connectivity index (χ3n) is 6.10. The van der Waals surface area contributed by atoms with E-state index in [-0.39, 0.29) is 5.91 Å². The van der Waals surface area contributed by atoms with Crippen molar-refractivity contribution in [2.75, 3.05) is 26.2 Å². The van der Waals surface area contributed by atoms with Crippen LogP contribution in [0.25, 0.3) is 33.0 Å². The van der Waals surface area contributed by atoms with Crippen molar-refractivity contribution in [1.82, 2.24) is 29.9 Å². The molecule has 0 atom stereocenters. The number of para-hydroxylation sites is 1. The number of thiophene rings is 1. The maximum Gasteiger partial charge on any atom is 0.254 e. The smallest absolute Gasteiger partial charge is 0.254 e. The number of hydrogen-bond donors (Lipinski definition) is 0. The fourth-order valence-electron chi connectivity index (χ4n) is 4.29. The minimum atomic E-state index is 0.0122. The Morgan fingerprint density at radius 1 is 0.943 bits per heavy atom. The van der Waals surface area contributed by atoms with Gasteiger partial charge in [0.1, 0.15) is 0 Å². The van der Waals surface area contributed by atoms with Crippen LogP contribution in [0.2, 0.25) is 0 Å². The Hall–Kier alpha value is -3.95. The fraction of sp³-hybridized carbons (Fsp3) is 0.192. The van der Waals surface area contributed by atoms with Gasteiger partial charge in [-0.2, -0.15) is 4.98 Å². The Balaban J connectivity index is 1.18. The van der Waals surface area contributed by atoms with E-state index in [1.54, 1.807) is 17.5 Å². The zero-order chi connectivity index (χ0) is 23.6. The van der Waals surface area contributed by atoms with Crippen molar-refractivity contribution in [3.63, 3.8) is 0 Å². The van der Waals surface area contributed by atoms with E-state index in [1.165, 1.54) is 0 Å². The average molecular weight is 483 g/mol. The summed E-state index contributed by atoms with van der Waals surface area (Å²) >= 11 is 1.59. The minimum absolute atomic E-state index is 0.0122. The number of fused-ring (bicyclic) bond motifs is 1. The van der Waals surface area contributed by atoms with Crippen LogP contribution in [0, 0.1) is 0 Å². The zero-order valence-corrected chi connectivity index (χ0v) is 19.7. The molecule has 174 valence electrons. The van der Waals surface area contributed by atoms with Crippen LogP contribution in [-0.2, 0) is 6.54 Å². The maximum absolute atomic E-state index is 13.6. The standard InChI is InChI=1S/C26H22N6O2S/c33-26(19-16-22(21-8-3-4-10-27-21)28-20-7-2-1-6-18(19)20)32-13-11-31(12-14-32)17-24-29-25(30-34-24)23-9-5-15-35-23/h1-10,15-16H,11-14,17H2. The molecular formula is C26H22N6O2S. The highest BCUT2D eigenvalue weighted by atomic mass is 32.1. The Morgan fingerprint density at radius 2 is 1.80 bits per heavy atom. The number of pyridine rings is 2. The summed E-state index contributed by atoms with van der Waals surface area (Å²) in [4.78, 5) is 32.4. The molecule has 9 heteroatoms. The SMILES string of the molecule is O=C(c1cc(-c2ccccn2)nc2ccccc12)N1CCN(Cc2nc(-c3cccs3)no2)CC1. The molecule has 5 heterocycles. The lowest BCUT2D eigenvalue weighted by molar-refractivity contribution is 0.0617. The number of carbonyl (C=O) groups excluding carboxylic acids is 1. The van der Waals surface area contributed by atoms with E-state index in [0.717, 1.165) is 34.6 Å². The van der Waals surface area contributed by atoms with E-state index in [0.29, 0.717) is 42.6 Å². The highest BCUT2D eigenvalue weighted by Gasteiger charge is 2.25. The molecule has 35 heavy (non-hydrogen) atoms. The molecule has 6 rings (SSSR count). The Bertz CT molecular complexity index is 1460. The van der Waals surface area contributed by atoms with Gasteiger partial charge < -0.3 is 9.42 Å². The molecule has 1 aromatic carbocycles. The van der Waals surface area contributed by atoms with Gasteiger partial charge in [-0.1, -0.05) is 35.5 Å². The lowest BCUT2D eigenvalue weighted by atomic mass is 10.0. The van der Waals surface area contributed by atoms with Gasteiger partial charge in [0, 0.05) is 37.8 Å². The van der Waals surface area contributed by atoms with Crippen molar-refractivity contribution in [2.24, 2.45) is 0 Å². The molecule has 4 aromatic heterocycles. The van der Waals surface area contributed by atoms with Gasteiger partial charge in [-0.3, -0.25) is 14.7 Å². The molecule has 8 nitrogen and oxygen atoms in total. The van der Waals surface area contributed by atoms with Crippen LogP contribution in [0.1, 0.15) is 16.2 Å².